The SMILES string of the molecule is CN1CCNC(CN2Cc3ccccc3C2)C1. The Balaban J connectivity index is 1.58. The molecule has 3 nitrogen and oxygen atoms in total. The van der Waals surface area contributed by atoms with Crippen LogP contribution >= 0.6 is 0 Å². The average molecular weight is 231 g/mol. The highest BCUT2D eigenvalue weighted by molar-refractivity contribution is 5.30. The van der Waals surface area contributed by atoms with E-state index in [1.165, 1.54) is 30.8 Å². The van der Waals surface area contributed by atoms with E-state index in [2.05, 4.69) is 46.4 Å². The van der Waals surface area contributed by atoms with E-state index in [0.717, 1.165) is 19.6 Å². The minimum atomic E-state index is 0.628. The van der Waals surface area contributed by atoms with Crippen molar-refractivity contribution in [3.05, 3.63) is 35.4 Å². The zero-order chi connectivity index (χ0) is 11.7. The molecule has 1 saturated heterocycles. The predicted octanol–water partition coefficient (Wildman–Crippen LogP) is 0.906. The highest BCUT2D eigenvalue weighted by atomic mass is 15.2. The second-order valence-electron chi connectivity index (χ2n) is 5.35. The largest absolute Gasteiger partial charge is 0.310 e. The van der Waals surface area contributed by atoms with Gasteiger partial charge in [-0.25, -0.2) is 0 Å². The molecule has 1 atom stereocenters. The number of benzene rings is 1. The molecule has 2 heterocycles. The van der Waals surface area contributed by atoms with Gasteiger partial charge in [0, 0.05) is 45.3 Å². The minimum absolute atomic E-state index is 0.628. The Hall–Kier alpha value is -0.900. The maximum Gasteiger partial charge on any atom is 0.0323 e. The van der Waals surface area contributed by atoms with Crippen LogP contribution in [0.5, 0.6) is 0 Å². The highest BCUT2D eigenvalue weighted by Crippen LogP contribution is 2.22. The van der Waals surface area contributed by atoms with Gasteiger partial charge < -0.3 is 10.2 Å². The van der Waals surface area contributed by atoms with Crippen molar-refractivity contribution in [3.63, 3.8) is 0 Å². The number of hydrogen-bond acceptors (Lipinski definition) is 3. The average Bonchev–Trinajstić information content (AvgIpc) is 2.71. The van der Waals surface area contributed by atoms with Crippen LogP contribution in [0.1, 0.15) is 11.1 Å². The maximum absolute atomic E-state index is 3.62. The molecule has 1 aromatic rings. The number of hydrogen-bond donors (Lipinski definition) is 1. The minimum Gasteiger partial charge on any atom is -0.310 e. The van der Waals surface area contributed by atoms with Crippen molar-refractivity contribution in [1.82, 2.24) is 15.1 Å². The van der Waals surface area contributed by atoms with Crippen molar-refractivity contribution < 1.29 is 0 Å². The molecule has 92 valence electrons. The fraction of sp³-hybridized carbons (Fsp3) is 0.571. The van der Waals surface area contributed by atoms with E-state index in [1.807, 2.05) is 0 Å². The molecule has 0 saturated carbocycles. The Morgan fingerprint density at radius 2 is 1.94 bits per heavy atom. The van der Waals surface area contributed by atoms with Crippen LogP contribution in [0.3, 0.4) is 0 Å². The van der Waals surface area contributed by atoms with Crippen LogP contribution in [0.25, 0.3) is 0 Å². The molecule has 3 heteroatoms. The number of likely N-dealkylation sites (N-methyl/N-ethyl adjacent to an activating group) is 1. The van der Waals surface area contributed by atoms with Crippen molar-refractivity contribution in [2.75, 3.05) is 33.2 Å². The lowest BCUT2D eigenvalue weighted by Crippen LogP contribution is -2.53. The van der Waals surface area contributed by atoms with Crippen LogP contribution in [0.15, 0.2) is 24.3 Å². The second kappa shape index (κ2) is 4.77. The van der Waals surface area contributed by atoms with Gasteiger partial charge in [0.15, 0.2) is 0 Å². The van der Waals surface area contributed by atoms with Crippen molar-refractivity contribution in [2.45, 2.75) is 19.1 Å². The smallest absolute Gasteiger partial charge is 0.0323 e. The standard InChI is InChI=1S/C14H21N3/c1-16-7-6-15-14(10-16)11-17-8-12-4-2-3-5-13(12)9-17/h2-5,14-15H,6-11H2,1H3. The predicted molar refractivity (Wildman–Crippen MR) is 69.8 cm³/mol. The van der Waals surface area contributed by atoms with E-state index < -0.39 is 0 Å². The number of nitrogens with zero attached hydrogens (tertiary/aromatic N) is 2. The van der Waals surface area contributed by atoms with Gasteiger partial charge in [-0.2, -0.15) is 0 Å². The number of piperazine rings is 1. The normalized spacial score (nSPS) is 26.1. The molecule has 2 aliphatic heterocycles. The number of rotatable bonds is 2. The van der Waals surface area contributed by atoms with Gasteiger partial charge in [-0.1, -0.05) is 24.3 Å². The third kappa shape index (κ3) is 2.51. The zero-order valence-electron chi connectivity index (χ0n) is 10.5. The molecule has 0 radical (unpaired) electrons. The second-order valence-corrected chi connectivity index (χ2v) is 5.35. The first-order chi connectivity index (χ1) is 8.31. The van der Waals surface area contributed by atoms with E-state index >= 15 is 0 Å². The van der Waals surface area contributed by atoms with Crippen LogP contribution in [-0.2, 0) is 13.1 Å². The molecule has 0 bridgehead atoms. The van der Waals surface area contributed by atoms with E-state index in [1.54, 1.807) is 0 Å². The molecule has 0 spiro atoms. The summed E-state index contributed by atoms with van der Waals surface area (Å²) in [5.41, 5.74) is 3.02. The molecular formula is C14H21N3. The third-order valence-electron chi connectivity index (χ3n) is 3.84. The summed E-state index contributed by atoms with van der Waals surface area (Å²) in [4.78, 5) is 4.98. The Labute approximate surface area is 103 Å². The van der Waals surface area contributed by atoms with Crippen LogP contribution in [0.2, 0.25) is 0 Å². The van der Waals surface area contributed by atoms with Gasteiger partial charge in [0.2, 0.25) is 0 Å². The monoisotopic (exact) mass is 231 g/mol. The molecular weight excluding hydrogens is 210 g/mol. The van der Waals surface area contributed by atoms with Gasteiger partial charge in [0.25, 0.3) is 0 Å². The molecule has 3 rings (SSSR count). The van der Waals surface area contributed by atoms with Crippen LogP contribution in [0.4, 0.5) is 0 Å². The van der Waals surface area contributed by atoms with Gasteiger partial charge in [-0.15, -0.1) is 0 Å². The Morgan fingerprint density at radius 1 is 1.24 bits per heavy atom. The van der Waals surface area contributed by atoms with Gasteiger partial charge in [-0.05, 0) is 18.2 Å². The van der Waals surface area contributed by atoms with Gasteiger partial charge >= 0.3 is 0 Å². The first-order valence-electron chi connectivity index (χ1n) is 6.52. The quantitative estimate of drug-likeness (QED) is 0.816. The third-order valence-corrected chi connectivity index (χ3v) is 3.84. The molecule has 0 amide bonds. The van der Waals surface area contributed by atoms with Gasteiger partial charge in [-0.3, -0.25) is 4.90 Å². The van der Waals surface area contributed by atoms with Gasteiger partial charge in [0.1, 0.15) is 0 Å². The summed E-state index contributed by atoms with van der Waals surface area (Å²) in [6.07, 6.45) is 0. The van der Waals surface area contributed by atoms with E-state index in [-0.39, 0.29) is 0 Å². The summed E-state index contributed by atoms with van der Waals surface area (Å²) in [5.74, 6) is 0. The topological polar surface area (TPSA) is 18.5 Å². The van der Waals surface area contributed by atoms with Crippen LogP contribution < -0.4 is 5.32 Å². The van der Waals surface area contributed by atoms with Crippen molar-refractivity contribution in [1.29, 1.82) is 0 Å². The Kier molecular flexibility index (Phi) is 3.14. The molecule has 2 aliphatic rings. The summed E-state index contributed by atoms with van der Waals surface area (Å²) < 4.78 is 0. The van der Waals surface area contributed by atoms with Gasteiger partial charge in [0.05, 0.1) is 0 Å². The molecule has 1 unspecified atom stereocenters. The highest BCUT2D eigenvalue weighted by Gasteiger charge is 2.23. The summed E-state index contributed by atoms with van der Waals surface area (Å²) >= 11 is 0. The van der Waals surface area contributed by atoms with E-state index in [4.69, 9.17) is 0 Å². The first-order valence-corrected chi connectivity index (χ1v) is 6.52. The van der Waals surface area contributed by atoms with Crippen LogP contribution in [0, 0.1) is 0 Å². The Bertz CT molecular complexity index is 366. The zero-order valence-corrected chi connectivity index (χ0v) is 10.5. The molecule has 0 aliphatic carbocycles. The lowest BCUT2D eigenvalue weighted by atomic mass is 10.1. The summed E-state index contributed by atoms with van der Waals surface area (Å²) in [6, 6.07) is 9.44. The molecule has 0 aromatic heterocycles. The van der Waals surface area contributed by atoms with E-state index in [0.29, 0.717) is 6.04 Å². The van der Waals surface area contributed by atoms with Crippen molar-refractivity contribution >= 4 is 0 Å². The van der Waals surface area contributed by atoms with Crippen LogP contribution in [-0.4, -0.2) is 49.1 Å². The summed E-state index contributed by atoms with van der Waals surface area (Å²) in [7, 11) is 2.21. The fourth-order valence-electron chi connectivity index (χ4n) is 2.96. The van der Waals surface area contributed by atoms with Crippen molar-refractivity contribution in [2.24, 2.45) is 0 Å². The Morgan fingerprint density at radius 3 is 2.59 bits per heavy atom. The van der Waals surface area contributed by atoms with Crippen molar-refractivity contribution in [3.8, 4) is 0 Å². The lowest BCUT2D eigenvalue weighted by molar-refractivity contribution is 0.179. The lowest BCUT2D eigenvalue weighted by Gasteiger charge is -2.33. The number of fused-ring (bicyclic) bond motifs is 1. The molecule has 1 N–H and O–H groups in total. The summed E-state index contributed by atoms with van der Waals surface area (Å²) in [6.45, 7) is 6.89. The van der Waals surface area contributed by atoms with E-state index in [9.17, 15) is 0 Å². The maximum atomic E-state index is 3.62. The summed E-state index contributed by atoms with van der Waals surface area (Å²) in [5, 5.41) is 3.62. The number of nitrogens with one attached hydrogen (secondary N) is 1. The fourth-order valence-corrected chi connectivity index (χ4v) is 2.96. The molecule has 1 aromatic carbocycles. The first kappa shape index (κ1) is 11.2. The molecule has 17 heavy (non-hydrogen) atoms. The molecule has 1 fully saturated rings.